The van der Waals surface area contributed by atoms with E-state index in [1.54, 1.807) is 30.2 Å². The summed E-state index contributed by atoms with van der Waals surface area (Å²) in [7, 11) is 1.70. The number of imidazole rings is 1. The van der Waals surface area contributed by atoms with Crippen molar-refractivity contribution in [3.05, 3.63) is 30.7 Å². The van der Waals surface area contributed by atoms with Crippen LogP contribution in [0.3, 0.4) is 0 Å². The molecule has 0 aliphatic rings. The number of hydrogen-bond donors (Lipinski definition) is 2. The molecule has 2 N–H and O–H groups in total. The maximum absolute atomic E-state index is 11.8. The summed E-state index contributed by atoms with van der Waals surface area (Å²) in [6, 6.07) is 3.74. The molecule has 9 heteroatoms. The zero-order chi connectivity index (χ0) is 17.8. The second-order valence-corrected chi connectivity index (χ2v) is 5.90. The highest BCUT2D eigenvalue weighted by molar-refractivity contribution is 5.67. The fourth-order valence-electron chi connectivity index (χ4n) is 2.29. The van der Waals surface area contributed by atoms with Crippen LogP contribution in [0, 0.1) is 0 Å². The monoisotopic (exact) mass is 343 g/mol. The molecular formula is C16H21N7O2. The van der Waals surface area contributed by atoms with Gasteiger partial charge in [-0.2, -0.15) is 5.10 Å². The van der Waals surface area contributed by atoms with Crippen LogP contribution in [0.1, 0.15) is 13.8 Å². The first-order valence-electron chi connectivity index (χ1n) is 8.04. The van der Waals surface area contributed by atoms with Crippen molar-refractivity contribution in [3.8, 4) is 11.3 Å². The summed E-state index contributed by atoms with van der Waals surface area (Å²) >= 11 is 0. The van der Waals surface area contributed by atoms with Crippen molar-refractivity contribution in [1.82, 2.24) is 29.7 Å². The topological polar surface area (TPSA) is 100 Å². The van der Waals surface area contributed by atoms with Crippen LogP contribution >= 0.6 is 0 Å². The van der Waals surface area contributed by atoms with E-state index in [1.807, 2.05) is 26.0 Å². The lowest BCUT2D eigenvalue weighted by atomic mass is 10.3. The number of H-pyrrole nitrogens is 1. The van der Waals surface area contributed by atoms with E-state index in [1.165, 1.54) is 4.90 Å². The van der Waals surface area contributed by atoms with E-state index >= 15 is 0 Å². The van der Waals surface area contributed by atoms with E-state index in [0.29, 0.717) is 18.9 Å². The number of likely N-dealkylation sites (N-methyl/N-ethyl adjacent to an activating group) is 1. The van der Waals surface area contributed by atoms with Gasteiger partial charge in [0.2, 0.25) is 0 Å². The van der Waals surface area contributed by atoms with Crippen LogP contribution < -0.4 is 5.32 Å². The number of hydrogen-bond acceptors (Lipinski definition) is 6. The largest absolute Gasteiger partial charge is 0.447 e. The number of aromatic nitrogens is 5. The number of rotatable bonds is 6. The molecule has 0 aliphatic heterocycles. The molecule has 9 nitrogen and oxygen atoms in total. The second kappa shape index (κ2) is 7.20. The Hall–Kier alpha value is -3.10. The van der Waals surface area contributed by atoms with Gasteiger partial charge in [-0.05, 0) is 26.0 Å². The van der Waals surface area contributed by atoms with Gasteiger partial charge >= 0.3 is 6.09 Å². The maximum atomic E-state index is 11.8. The molecule has 0 saturated carbocycles. The molecule has 0 fully saturated rings. The molecule has 0 radical (unpaired) electrons. The second-order valence-electron chi connectivity index (χ2n) is 5.90. The number of nitrogens with one attached hydrogen (secondary N) is 2. The summed E-state index contributed by atoms with van der Waals surface area (Å²) in [5.41, 5.74) is 2.51. The van der Waals surface area contributed by atoms with Crippen molar-refractivity contribution in [2.75, 3.05) is 25.5 Å². The normalized spacial score (nSPS) is 11.0. The van der Waals surface area contributed by atoms with Crippen LogP contribution in [0.5, 0.6) is 0 Å². The van der Waals surface area contributed by atoms with E-state index in [9.17, 15) is 4.79 Å². The Labute approximate surface area is 145 Å². The standard InChI is InChI=1S/C16H21N7O2/c1-11(2)25-16(24)22(3)7-6-17-14-4-5-15-18-10-13(23(15)21-14)12-8-19-20-9-12/h4-5,8-11H,6-7H2,1-3H3,(H,17,21)(H,19,20). The van der Waals surface area contributed by atoms with Crippen molar-refractivity contribution in [2.24, 2.45) is 0 Å². The van der Waals surface area contributed by atoms with Gasteiger partial charge in [0.25, 0.3) is 0 Å². The molecule has 0 spiro atoms. The number of aromatic amines is 1. The fraction of sp³-hybridized carbons (Fsp3) is 0.375. The molecule has 0 aliphatic carbocycles. The van der Waals surface area contributed by atoms with Crippen molar-refractivity contribution >= 4 is 17.6 Å². The number of carbonyl (C=O) groups is 1. The van der Waals surface area contributed by atoms with Gasteiger partial charge in [0.1, 0.15) is 5.82 Å². The SMILES string of the molecule is CC(C)OC(=O)N(C)CCNc1ccc2ncc(-c3cn[nH]c3)n2n1. The summed E-state index contributed by atoms with van der Waals surface area (Å²) in [6.45, 7) is 4.71. The van der Waals surface area contributed by atoms with Gasteiger partial charge in [0.15, 0.2) is 5.65 Å². The Morgan fingerprint density at radius 3 is 2.96 bits per heavy atom. The third kappa shape index (κ3) is 3.87. The van der Waals surface area contributed by atoms with Crippen molar-refractivity contribution < 1.29 is 9.53 Å². The van der Waals surface area contributed by atoms with Gasteiger partial charge in [0, 0.05) is 31.9 Å². The Kier molecular flexibility index (Phi) is 4.82. The number of amides is 1. The third-order valence-corrected chi connectivity index (χ3v) is 3.56. The van der Waals surface area contributed by atoms with Crippen LogP contribution in [0.2, 0.25) is 0 Å². The maximum Gasteiger partial charge on any atom is 0.409 e. The Bertz CT molecular complexity index is 841. The molecular weight excluding hydrogens is 322 g/mol. The molecule has 0 bridgehead atoms. The van der Waals surface area contributed by atoms with Gasteiger partial charge in [-0.15, -0.1) is 5.10 Å². The first-order chi connectivity index (χ1) is 12.0. The van der Waals surface area contributed by atoms with Gasteiger partial charge in [-0.25, -0.2) is 14.3 Å². The van der Waals surface area contributed by atoms with E-state index in [2.05, 4.69) is 25.6 Å². The minimum atomic E-state index is -0.336. The molecule has 3 aromatic rings. The average Bonchev–Trinajstić information content (AvgIpc) is 3.22. The number of anilines is 1. The predicted octanol–water partition coefficient (Wildman–Crippen LogP) is 2.01. The molecule has 0 saturated heterocycles. The molecule has 0 unspecified atom stereocenters. The zero-order valence-electron chi connectivity index (χ0n) is 14.4. The quantitative estimate of drug-likeness (QED) is 0.710. The highest BCUT2D eigenvalue weighted by Crippen LogP contribution is 2.19. The first kappa shape index (κ1) is 16.7. The van der Waals surface area contributed by atoms with Crippen molar-refractivity contribution in [2.45, 2.75) is 20.0 Å². The summed E-state index contributed by atoms with van der Waals surface area (Å²) in [4.78, 5) is 17.6. The molecule has 132 valence electrons. The van der Waals surface area contributed by atoms with E-state index in [0.717, 1.165) is 16.9 Å². The van der Waals surface area contributed by atoms with Gasteiger partial charge in [0.05, 0.1) is 24.2 Å². The first-order valence-corrected chi connectivity index (χ1v) is 8.04. The summed E-state index contributed by atoms with van der Waals surface area (Å²) in [5.74, 6) is 0.695. The molecule has 0 atom stereocenters. The van der Waals surface area contributed by atoms with E-state index in [-0.39, 0.29) is 12.2 Å². The number of carbonyl (C=O) groups excluding carboxylic acids is 1. The highest BCUT2D eigenvalue weighted by atomic mass is 16.6. The number of ether oxygens (including phenoxy) is 1. The molecule has 0 aromatic carbocycles. The van der Waals surface area contributed by atoms with Crippen LogP contribution in [-0.4, -0.2) is 62.0 Å². The molecule has 3 rings (SSSR count). The minimum Gasteiger partial charge on any atom is -0.447 e. The van der Waals surface area contributed by atoms with Crippen LogP contribution in [0.4, 0.5) is 10.6 Å². The summed E-state index contributed by atoms with van der Waals surface area (Å²) < 4.78 is 6.90. The predicted molar refractivity (Wildman–Crippen MR) is 93.3 cm³/mol. The van der Waals surface area contributed by atoms with Crippen LogP contribution in [0.15, 0.2) is 30.7 Å². The Morgan fingerprint density at radius 2 is 2.24 bits per heavy atom. The Balaban J connectivity index is 1.64. The smallest absolute Gasteiger partial charge is 0.409 e. The highest BCUT2D eigenvalue weighted by Gasteiger charge is 2.12. The molecule has 3 heterocycles. The third-order valence-electron chi connectivity index (χ3n) is 3.56. The van der Waals surface area contributed by atoms with Gasteiger partial charge in [-0.3, -0.25) is 5.10 Å². The number of fused-ring (bicyclic) bond motifs is 1. The minimum absolute atomic E-state index is 0.130. The van der Waals surface area contributed by atoms with Crippen LogP contribution in [0.25, 0.3) is 16.9 Å². The van der Waals surface area contributed by atoms with Gasteiger partial charge in [-0.1, -0.05) is 0 Å². The van der Waals surface area contributed by atoms with Crippen molar-refractivity contribution in [1.29, 1.82) is 0 Å². The fourth-order valence-corrected chi connectivity index (χ4v) is 2.29. The zero-order valence-corrected chi connectivity index (χ0v) is 14.4. The van der Waals surface area contributed by atoms with Gasteiger partial charge < -0.3 is 15.0 Å². The van der Waals surface area contributed by atoms with Crippen LogP contribution in [-0.2, 0) is 4.74 Å². The molecule has 1 amide bonds. The molecule has 3 aromatic heterocycles. The lowest BCUT2D eigenvalue weighted by Crippen LogP contribution is -2.33. The number of nitrogens with zero attached hydrogens (tertiary/aromatic N) is 5. The lowest BCUT2D eigenvalue weighted by Gasteiger charge is -2.18. The Morgan fingerprint density at radius 1 is 1.40 bits per heavy atom. The lowest BCUT2D eigenvalue weighted by molar-refractivity contribution is 0.0851. The van der Waals surface area contributed by atoms with E-state index in [4.69, 9.17) is 4.74 Å². The van der Waals surface area contributed by atoms with Crippen molar-refractivity contribution in [3.63, 3.8) is 0 Å². The average molecular weight is 343 g/mol. The van der Waals surface area contributed by atoms with E-state index < -0.39 is 0 Å². The summed E-state index contributed by atoms with van der Waals surface area (Å²) in [6.07, 6.45) is 4.81. The summed E-state index contributed by atoms with van der Waals surface area (Å²) in [5, 5.41) is 14.5. The molecule has 25 heavy (non-hydrogen) atoms.